The first-order chi connectivity index (χ1) is 17.7. The number of nitroso groups, excluding NO2 is 1. The minimum atomic E-state index is -1.03. The van der Waals surface area contributed by atoms with Crippen molar-refractivity contribution >= 4 is 22.8 Å². The predicted molar refractivity (Wildman–Crippen MR) is 152 cm³/mol. The minimum absolute atomic E-state index is 0.00383. The molecule has 37 heavy (non-hydrogen) atoms. The lowest BCUT2D eigenvalue weighted by Gasteiger charge is -2.26. The monoisotopic (exact) mass is 505 g/mol. The van der Waals surface area contributed by atoms with E-state index < -0.39 is 12.3 Å². The molecule has 1 aromatic rings. The van der Waals surface area contributed by atoms with Crippen LogP contribution in [0, 0.1) is 17.2 Å². The van der Waals surface area contributed by atoms with Gasteiger partial charge in [0.15, 0.2) is 0 Å². The number of rotatable bonds is 14. The first-order valence-corrected chi connectivity index (χ1v) is 12.0. The molecule has 1 aliphatic rings. The highest BCUT2D eigenvalue weighted by molar-refractivity contribution is 6.12. The molecule has 3 atom stereocenters. The fourth-order valence-electron chi connectivity index (χ4n) is 3.99. The quantitative estimate of drug-likeness (QED) is 0.219. The number of allylic oxidation sites excluding steroid dienone is 6. The van der Waals surface area contributed by atoms with Crippen LogP contribution in [0.4, 0.5) is 4.39 Å². The number of methoxy groups -OCH3 is 1. The second kappa shape index (κ2) is 14.6. The summed E-state index contributed by atoms with van der Waals surface area (Å²) in [5.41, 5.74) is 11.3. The van der Waals surface area contributed by atoms with Crippen LogP contribution in [0.3, 0.4) is 0 Å². The highest BCUT2D eigenvalue weighted by Crippen LogP contribution is 2.26. The Balaban J connectivity index is 2.42. The average molecular weight is 506 g/mol. The number of ether oxygens (including phenoxy) is 1. The van der Waals surface area contributed by atoms with Crippen molar-refractivity contribution in [2.45, 2.75) is 45.0 Å². The molecule has 0 amide bonds. The van der Waals surface area contributed by atoms with Crippen molar-refractivity contribution in [1.29, 1.82) is 5.41 Å². The Kier molecular flexibility index (Phi) is 11.6. The van der Waals surface area contributed by atoms with E-state index in [2.05, 4.69) is 28.6 Å². The van der Waals surface area contributed by atoms with E-state index in [4.69, 9.17) is 15.9 Å². The van der Waals surface area contributed by atoms with Gasteiger partial charge in [0.05, 0.1) is 23.6 Å². The molecular formula is C29H36FN5O2. The first-order valence-electron chi connectivity index (χ1n) is 12.0. The molecule has 0 spiro atoms. The van der Waals surface area contributed by atoms with Crippen LogP contribution in [-0.2, 0) is 4.74 Å². The third-order valence-electron chi connectivity index (χ3n) is 5.94. The van der Waals surface area contributed by atoms with Crippen molar-refractivity contribution in [1.82, 2.24) is 5.32 Å². The second-order valence-electron chi connectivity index (χ2n) is 8.60. The van der Waals surface area contributed by atoms with E-state index in [1.54, 1.807) is 36.6 Å². The summed E-state index contributed by atoms with van der Waals surface area (Å²) >= 11 is 0. The van der Waals surface area contributed by atoms with Gasteiger partial charge < -0.3 is 21.2 Å². The smallest absolute Gasteiger partial charge is 0.122 e. The highest BCUT2D eigenvalue weighted by atomic mass is 19.1. The Hall–Kier alpha value is -3.91. The summed E-state index contributed by atoms with van der Waals surface area (Å²) < 4.78 is 18.9. The fourth-order valence-corrected chi connectivity index (χ4v) is 3.99. The Morgan fingerprint density at radius 1 is 1.43 bits per heavy atom. The topological polar surface area (TPSA) is 113 Å². The van der Waals surface area contributed by atoms with Crippen molar-refractivity contribution in [3.05, 3.63) is 101 Å². The lowest BCUT2D eigenvalue weighted by atomic mass is 9.94. The molecule has 0 saturated carbocycles. The number of nitrogens with one attached hydrogen (secondary N) is 2. The maximum Gasteiger partial charge on any atom is 0.122 e. The molecule has 1 aliphatic carbocycles. The summed E-state index contributed by atoms with van der Waals surface area (Å²) in [7, 11) is 1.53. The van der Waals surface area contributed by atoms with E-state index in [1.165, 1.54) is 13.2 Å². The molecule has 196 valence electrons. The summed E-state index contributed by atoms with van der Waals surface area (Å²) in [5.74, 6) is 0. The van der Waals surface area contributed by atoms with Crippen LogP contribution in [-0.4, -0.2) is 43.4 Å². The number of benzene rings is 1. The number of hydrogen-bond acceptors (Lipinski definition) is 7. The Bertz CT molecular complexity index is 1160. The third kappa shape index (κ3) is 8.32. The molecule has 0 fully saturated rings. The van der Waals surface area contributed by atoms with Gasteiger partial charge in [-0.25, -0.2) is 4.39 Å². The zero-order valence-electron chi connectivity index (χ0n) is 21.7. The van der Waals surface area contributed by atoms with Crippen molar-refractivity contribution in [3.63, 3.8) is 0 Å². The van der Waals surface area contributed by atoms with Crippen LogP contribution in [0.25, 0.3) is 11.4 Å². The maximum atomic E-state index is 13.4. The zero-order chi connectivity index (χ0) is 27.4. The Morgan fingerprint density at radius 3 is 2.78 bits per heavy atom. The third-order valence-corrected chi connectivity index (χ3v) is 5.94. The molecule has 0 aromatic heterocycles. The number of nitrogens with zero attached hydrogens (tertiary/aromatic N) is 2. The number of alkyl halides is 1. The lowest BCUT2D eigenvalue weighted by molar-refractivity contribution is 0.0994. The second-order valence-corrected chi connectivity index (χ2v) is 8.60. The molecule has 0 bridgehead atoms. The normalized spacial score (nSPS) is 17.7. The van der Waals surface area contributed by atoms with Crippen LogP contribution >= 0.6 is 0 Å². The molecule has 4 N–H and O–H groups in total. The van der Waals surface area contributed by atoms with Crippen molar-refractivity contribution < 1.29 is 9.13 Å². The van der Waals surface area contributed by atoms with Crippen LogP contribution in [0.2, 0.25) is 0 Å². The van der Waals surface area contributed by atoms with Gasteiger partial charge in [0.25, 0.3) is 0 Å². The van der Waals surface area contributed by atoms with E-state index in [0.29, 0.717) is 29.1 Å². The zero-order valence-corrected chi connectivity index (χ0v) is 21.7. The van der Waals surface area contributed by atoms with Crippen LogP contribution < -0.4 is 11.1 Å². The molecule has 1 aromatic carbocycles. The Labute approximate surface area is 218 Å². The van der Waals surface area contributed by atoms with Gasteiger partial charge in [-0.2, -0.15) is 4.91 Å². The fraction of sp³-hybridized carbons (Fsp3) is 0.310. The molecule has 0 heterocycles. The largest absolute Gasteiger partial charge is 0.398 e. The summed E-state index contributed by atoms with van der Waals surface area (Å²) in [6, 6.07) is 5.35. The number of aryl methyl sites for hydroxylation is 1. The molecular weight excluding hydrogens is 469 g/mol. The van der Waals surface area contributed by atoms with Crippen LogP contribution in [0.5, 0.6) is 0 Å². The highest BCUT2D eigenvalue weighted by Gasteiger charge is 2.22. The van der Waals surface area contributed by atoms with E-state index in [0.717, 1.165) is 16.7 Å². The van der Waals surface area contributed by atoms with Crippen LogP contribution in [0.15, 0.2) is 89.8 Å². The summed E-state index contributed by atoms with van der Waals surface area (Å²) in [6.07, 6.45) is 10.6. The van der Waals surface area contributed by atoms with E-state index in [9.17, 15) is 9.30 Å². The molecule has 7 nitrogen and oxygen atoms in total. The van der Waals surface area contributed by atoms with Gasteiger partial charge in [-0.1, -0.05) is 54.8 Å². The van der Waals surface area contributed by atoms with E-state index >= 15 is 0 Å². The number of nitrogens with two attached hydrogens (primary N) is 1. The van der Waals surface area contributed by atoms with Gasteiger partial charge in [-0.3, -0.25) is 4.99 Å². The molecule has 2 rings (SSSR count). The molecule has 2 unspecified atom stereocenters. The maximum absolute atomic E-state index is 13.4. The van der Waals surface area contributed by atoms with Crippen molar-refractivity contribution in [2.24, 2.45) is 15.9 Å². The molecule has 0 radical (unpaired) electrons. The van der Waals surface area contributed by atoms with Gasteiger partial charge >= 0.3 is 0 Å². The van der Waals surface area contributed by atoms with Gasteiger partial charge in [-0.05, 0) is 43.2 Å². The van der Waals surface area contributed by atoms with E-state index in [-0.39, 0.29) is 24.7 Å². The van der Waals surface area contributed by atoms with Crippen molar-refractivity contribution in [2.75, 3.05) is 13.7 Å². The first kappa shape index (κ1) is 29.3. The number of aliphatic imine (C=N–C) groups is 1. The number of hydrogen-bond donors (Lipinski definition) is 3. The summed E-state index contributed by atoms with van der Waals surface area (Å²) in [6.45, 7) is 11.9. The summed E-state index contributed by atoms with van der Waals surface area (Å²) in [4.78, 5) is 15.4. The minimum Gasteiger partial charge on any atom is -0.398 e. The van der Waals surface area contributed by atoms with E-state index in [1.807, 2.05) is 32.0 Å². The standard InChI is InChI=1S/C29H36FN5O2/c1-6-15-33-27(7-2)28(16-23(37-5)18-34-36)35-20(4)24-10-8-9-19(3)29(24)26(32)17-25(31)21-11-13-22(30)14-12-21/h6-13,15,17,22-23,28,31,35H,2,4,14,16,18,32H2,1,3,5H3/b15-6-,26-17?,31-25?,33-27?/t22?,23-,28?/m0/s1. The summed E-state index contributed by atoms with van der Waals surface area (Å²) in [5, 5.41) is 14.8. The van der Waals surface area contributed by atoms with Gasteiger partial charge in [0.2, 0.25) is 0 Å². The lowest BCUT2D eigenvalue weighted by Crippen LogP contribution is -2.39. The van der Waals surface area contributed by atoms with Gasteiger partial charge in [-0.15, -0.1) is 0 Å². The van der Waals surface area contributed by atoms with Crippen LogP contribution in [0.1, 0.15) is 36.5 Å². The SMILES string of the molecule is C=CC(=N/C=C\C)C(C[C@@H](CN=O)OC)NC(=C)c1cccc(C)c1C(N)=CC(=N)C1=CCC(F)C=C1. The molecule has 8 heteroatoms. The Morgan fingerprint density at radius 2 is 2.19 bits per heavy atom. The van der Waals surface area contributed by atoms with Crippen molar-refractivity contribution in [3.8, 4) is 0 Å². The number of halogens is 1. The molecule has 0 saturated heterocycles. The van der Waals surface area contributed by atoms with Gasteiger partial charge in [0, 0.05) is 48.7 Å². The molecule has 0 aliphatic heterocycles. The predicted octanol–water partition coefficient (Wildman–Crippen LogP) is 5.80. The average Bonchev–Trinajstić information content (AvgIpc) is 2.88. The van der Waals surface area contributed by atoms with Gasteiger partial charge in [0.1, 0.15) is 12.7 Å².